The van der Waals surface area contributed by atoms with E-state index in [9.17, 15) is 4.79 Å². The van der Waals surface area contributed by atoms with Gasteiger partial charge in [-0.2, -0.15) is 0 Å². The minimum atomic E-state index is -0.116. The molecule has 3 rings (SSSR count). The summed E-state index contributed by atoms with van der Waals surface area (Å²) in [6.45, 7) is 1.52. The highest BCUT2D eigenvalue weighted by Gasteiger charge is 2.22. The number of aromatic nitrogens is 1. The normalized spacial score (nSPS) is 13.7. The lowest BCUT2D eigenvalue weighted by Crippen LogP contribution is -2.33. The maximum atomic E-state index is 12.0. The molecule has 1 aromatic heterocycles. The van der Waals surface area contributed by atoms with Crippen molar-refractivity contribution in [2.75, 3.05) is 18.5 Å². The largest absolute Gasteiger partial charge is 0.355 e. The molecule has 0 saturated heterocycles. The molecule has 0 saturated carbocycles. The number of fused-ring (bicyclic) bond motifs is 1. The zero-order valence-corrected chi connectivity index (χ0v) is 12.5. The van der Waals surface area contributed by atoms with Crippen LogP contribution in [0.25, 0.3) is 0 Å². The van der Waals surface area contributed by atoms with Crippen LogP contribution in [-0.2, 0) is 13.0 Å². The summed E-state index contributed by atoms with van der Waals surface area (Å²) in [6, 6.07) is 9.54. The first-order valence-corrected chi connectivity index (χ1v) is 7.27. The van der Waals surface area contributed by atoms with Crippen molar-refractivity contribution >= 4 is 23.3 Å². The van der Waals surface area contributed by atoms with Crippen LogP contribution in [0.4, 0.5) is 5.82 Å². The predicted molar refractivity (Wildman–Crippen MR) is 83.8 cm³/mol. The molecule has 0 atom stereocenters. The van der Waals surface area contributed by atoms with Gasteiger partial charge in [0.25, 0.3) is 5.91 Å². The third-order valence-corrected chi connectivity index (χ3v) is 4.12. The number of benzene rings is 1. The van der Waals surface area contributed by atoms with Crippen molar-refractivity contribution in [3.05, 3.63) is 58.2 Å². The molecule has 1 aliphatic rings. The van der Waals surface area contributed by atoms with Crippen LogP contribution in [-0.4, -0.2) is 24.5 Å². The molecule has 0 spiro atoms. The summed E-state index contributed by atoms with van der Waals surface area (Å²) in [5, 5.41) is 3.48. The Kier molecular flexibility index (Phi) is 3.80. The summed E-state index contributed by atoms with van der Waals surface area (Å²) >= 11 is 6.24. The number of nitrogens with one attached hydrogen (secondary N) is 1. The zero-order chi connectivity index (χ0) is 14.8. The van der Waals surface area contributed by atoms with Crippen molar-refractivity contribution in [3.63, 3.8) is 0 Å². The van der Waals surface area contributed by atoms with Crippen LogP contribution in [0.3, 0.4) is 0 Å². The molecule has 108 valence electrons. The average Bonchev–Trinajstić information content (AvgIpc) is 2.54. The van der Waals surface area contributed by atoms with E-state index >= 15 is 0 Å². The van der Waals surface area contributed by atoms with E-state index in [0.29, 0.717) is 5.56 Å². The van der Waals surface area contributed by atoms with Crippen molar-refractivity contribution in [1.82, 2.24) is 10.3 Å². The minimum absolute atomic E-state index is 0.116. The summed E-state index contributed by atoms with van der Waals surface area (Å²) in [4.78, 5) is 18.5. The number of hydrogen-bond acceptors (Lipinski definition) is 3. The van der Waals surface area contributed by atoms with Crippen molar-refractivity contribution in [2.45, 2.75) is 13.0 Å². The quantitative estimate of drug-likeness (QED) is 0.927. The minimum Gasteiger partial charge on any atom is -0.355 e. The van der Waals surface area contributed by atoms with Crippen LogP contribution in [0.2, 0.25) is 5.02 Å². The van der Waals surface area contributed by atoms with E-state index in [-0.39, 0.29) is 5.91 Å². The van der Waals surface area contributed by atoms with Gasteiger partial charge in [-0.3, -0.25) is 4.79 Å². The predicted octanol–water partition coefficient (Wildman–Crippen LogP) is 2.66. The summed E-state index contributed by atoms with van der Waals surface area (Å²) in [7, 11) is 1.63. The Bertz CT molecular complexity index is 687. The summed E-state index contributed by atoms with van der Waals surface area (Å²) in [6.07, 6.45) is 2.58. The fourth-order valence-corrected chi connectivity index (χ4v) is 2.99. The molecule has 0 aliphatic carbocycles. The second-order valence-electron chi connectivity index (χ2n) is 5.00. The number of hydrogen-bond donors (Lipinski definition) is 1. The molecule has 0 fully saturated rings. The lowest BCUT2D eigenvalue weighted by atomic mass is 9.99. The van der Waals surface area contributed by atoms with Gasteiger partial charge in [-0.05, 0) is 35.7 Å². The van der Waals surface area contributed by atoms with Gasteiger partial charge in [0, 0.05) is 31.4 Å². The average molecular weight is 302 g/mol. The Hall–Kier alpha value is -2.07. The Morgan fingerprint density at radius 1 is 1.33 bits per heavy atom. The summed E-state index contributed by atoms with van der Waals surface area (Å²) < 4.78 is 0. The number of carbonyl (C=O) groups is 1. The number of amides is 1. The molecule has 0 unspecified atom stereocenters. The second kappa shape index (κ2) is 5.74. The van der Waals surface area contributed by atoms with Crippen LogP contribution in [0.1, 0.15) is 21.5 Å². The third-order valence-electron chi connectivity index (χ3n) is 3.77. The van der Waals surface area contributed by atoms with Gasteiger partial charge in [0.2, 0.25) is 0 Å². The van der Waals surface area contributed by atoms with E-state index in [2.05, 4.69) is 21.3 Å². The topological polar surface area (TPSA) is 45.2 Å². The fourth-order valence-electron chi connectivity index (χ4n) is 2.70. The molecule has 1 amide bonds. The Morgan fingerprint density at radius 2 is 2.19 bits per heavy atom. The van der Waals surface area contributed by atoms with Crippen LogP contribution in [0.5, 0.6) is 0 Å². The highest BCUT2D eigenvalue weighted by Crippen LogP contribution is 2.29. The number of anilines is 1. The van der Waals surface area contributed by atoms with Gasteiger partial charge in [-0.1, -0.05) is 23.7 Å². The molecule has 4 nitrogen and oxygen atoms in total. The summed E-state index contributed by atoms with van der Waals surface area (Å²) in [5.41, 5.74) is 3.00. The van der Waals surface area contributed by atoms with Crippen molar-refractivity contribution in [3.8, 4) is 0 Å². The van der Waals surface area contributed by atoms with Gasteiger partial charge >= 0.3 is 0 Å². The maximum absolute atomic E-state index is 12.0. The van der Waals surface area contributed by atoms with Crippen LogP contribution < -0.4 is 10.2 Å². The van der Waals surface area contributed by atoms with E-state index < -0.39 is 0 Å². The van der Waals surface area contributed by atoms with Gasteiger partial charge in [-0.25, -0.2) is 4.98 Å². The van der Waals surface area contributed by atoms with Gasteiger partial charge in [0.15, 0.2) is 0 Å². The smallest absolute Gasteiger partial charge is 0.254 e. The van der Waals surface area contributed by atoms with Gasteiger partial charge < -0.3 is 10.2 Å². The molecular formula is C16H16ClN3O. The van der Waals surface area contributed by atoms with E-state index in [1.165, 1.54) is 11.1 Å². The first-order chi connectivity index (χ1) is 10.2. The Morgan fingerprint density at radius 3 is 3.00 bits per heavy atom. The lowest BCUT2D eigenvalue weighted by Gasteiger charge is -2.31. The number of pyridine rings is 1. The molecule has 1 aromatic carbocycles. The second-order valence-corrected chi connectivity index (χ2v) is 5.41. The standard InChI is InChI=1S/C16H16ClN3O/c1-18-16(21)13-5-3-8-19-15(13)20-9-7-12-11(10-20)4-2-6-14(12)17/h2-6,8H,7,9-10H2,1H3,(H,18,21). The highest BCUT2D eigenvalue weighted by molar-refractivity contribution is 6.31. The monoisotopic (exact) mass is 301 g/mol. The molecular weight excluding hydrogens is 286 g/mol. The Balaban J connectivity index is 1.95. The van der Waals surface area contributed by atoms with Gasteiger partial charge in [0.05, 0.1) is 5.56 Å². The molecule has 1 aliphatic heterocycles. The SMILES string of the molecule is CNC(=O)c1cccnc1N1CCc2c(Cl)cccc2C1. The maximum Gasteiger partial charge on any atom is 0.254 e. The lowest BCUT2D eigenvalue weighted by molar-refractivity contribution is 0.0963. The first-order valence-electron chi connectivity index (χ1n) is 6.89. The van der Waals surface area contributed by atoms with E-state index in [0.717, 1.165) is 30.4 Å². The zero-order valence-electron chi connectivity index (χ0n) is 11.8. The fraction of sp³-hybridized carbons (Fsp3) is 0.250. The van der Waals surface area contributed by atoms with Crippen molar-refractivity contribution in [1.29, 1.82) is 0 Å². The third kappa shape index (κ3) is 2.59. The molecule has 5 heteroatoms. The molecule has 0 bridgehead atoms. The van der Waals surface area contributed by atoms with Crippen molar-refractivity contribution in [2.24, 2.45) is 0 Å². The van der Waals surface area contributed by atoms with Crippen LogP contribution in [0, 0.1) is 0 Å². The van der Waals surface area contributed by atoms with Gasteiger partial charge in [0.1, 0.15) is 5.82 Å². The van der Waals surface area contributed by atoms with Gasteiger partial charge in [-0.15, -0.1) is 0 Å². The molecule has 2 aromatic rings. The highest BCUT2D eigenvalue weighted by atomic mass is 35.5. The van der Waals surface area contributed by atoms with E-state index in [1.807, 2.05) is 12.1 Å². The molecule has 1 N–H and O–H groups in total. The Labute approximate surface area is 128 Å². The van der Waals surface area contributed by atoms with Crippen LogP contribution >= 0.6 is 11.6 Å². The van der Waals surface area contributed by atoms with Crippen molar-refractivity contribution < 1.29 is 4.79 Å². The molecule has 21 heavy (non-hydrogen) atoms. The number of nitrogens with zero attached hydrogens (tertiary/aromatic N) is 2. The van der Waals surface area contributed by atoms with E-state index in [1.54, 1.807) is 25.4 Å². The molecule has 2 heterocycles. The number of halogens is 1. The first kappa shape index (κ1) is 13.9. The number of carbonyl (C=O) groups excluding carboxylic acids is 1. The number of rotatable bonds is 2. The van der Waals surface area contributed by atoms with E-state index in [4.69, 9.17) is 11.6 Å². The van der Waals surface area contributed by atoms with Crippen LogP contribution in [0.15, 0.2) is 36.5 Å². The summed E-state index contributed by atoms with van der Waals surface area (Å²) in [5.74, 6) is 0.609. The molecule has 0 radical (unpaired) electrons.